The molecule has 2 fully saturated rings. The SMILES string of the molecule is O=C(ON1C(=O)CCC1=O)[C@@H]1CCCN1C(=O)CCc1ccccc1. The van der Waals surface area contributed by atoms with Gasteiger partial charge >= 0.3 is 5.97 Å². The summed E-state index contributed by atoms with van der Waals surface area (Å²) in [4.78, 5) is 54.4. The Labute approximate surface area is 145 Å². The lowest BCUT2D eigenvalue weighted by Crippen LogP contribution is -2.44. The van der Waals surface area contributed by atoms with Crippen molar-refractivity contribution in [3.8, 4) is 0 Å². The highest BCUT2D eigenvalue weighted by atomic mass is 16.7. The van der Waals surface area contributed by atoms with Gasteiger partial charge < -0.3 is 9.74 Å². The Balaban J connectivity index is 1.57. The Morgan fingerprint density at radius 3 is 2.44 bits per heavy atom. The molecular weight excluding hydrogens is 324 g/mol. The van der Waals surface area contributed by atoms with Gasteiger partial charge in [0.2, 0.25) is 5.91 Å². The molecule has 0 saturated carbocycles. The Kier molecular flexibility index (Phi) is 5.11. The number of hydrogen-bond acceptors (Lipinski definition) is 5. The summed E-state index contributed by atoms with van der Waals surface area (Å²) in [5.41, 5.74) is 1.06. The first-order chi connectivity index (χ1) is 12.1. The van der Waals surface area contributed by atoms with Gasteiger partial charge in [-0.2, -0.15) is 0 Å². The summed E-state index contributed by atoms with van der Waals surface area (Å²) in [6, 6.07) is 8.92. The van der Waals surface area contributed by atoms with Gasteiger partial charge in [-0.05, 0) is 24.8 Å². The lowest BCUT2D eigenvalue weighted by Gasteiger charge is -2.24. The van der Waals surface area contributed by atoms with Crippen LogP contribution in [0.4, 0.5) is 0 Å². The van der Waals surface area contributed by atoms with E-state index in [-0.39, 0.29) is 18.7 Å². The quantitative estimate of drug-likeness (QED) is 0.750. The van der Waals surface area contributed by atoms with Gasteiger partial charge in [0.15, 0.2) is 0 Å². The van der Waals surface area contributed by atoms with Crippen LogP contribution >= 0.6 is 0 Å². The van der Waals surface area contributed by atoms with E-state index in [2.05, 4.69) is 0 Å². The van der Waals surface area contributed by atoms with Crippen LogP contribution < -0.4 is 0 Å². The summed E-state index contributed by atoms with van der Waals surface area (Å²) in [6.45, 7) is 0.481. The highest BCUT2D eigenvalue weighted by Crippen LogP contribution is 2.22. The van der Waals surface area contributed by atoms with Crippen molar-refractivity contribution >= 4 is 23.7 Å². The topological polar surface area (TPSA) is 84.0 Å². The smallest absolute Gasteiger partial charge is 0.329 e. The van der Waals surface area contributed by atoms with Gasteiger partial charge in [0, 0.05) is 25.8 Å². The number of rotatable bonds is 5. The van der Waals surface area contributed by atoms with E-state index < -0.39 is 23.8 Å². The Morgan fingerprint density at radius 1 is 1.08 bits per heavy atom. The van der Waals surface area contributed by atoms with E-state index in [9.17, 15) is 19.2 Å². The molecule has 1 atom stereocenters. The lowest BCUT2D eigenvalue weighted by atomic mass is 10.1. The van der Waals surface area contributed by atoms with Crippen molar-refractivity contribution in [2.24, 2.45) is 0 Å². The number of nitrogens with zero attached hydrogens (tertiary/aromatic N) is 2. The third kappa shape index (κ3) is 3.87. The predicted octanol–water partition coefficient (Wildman–Crippen LogP) is 1.22. The number of imide groups is 1. The van der Waals surface area contributed by atoms with Gasteiger partial charge in [0.25, 0.3) is 11.8 Å². The van der Waals surface area contributed by atoms with Crippen molar-refractivity contribution in [3.05, 3.63) is 35.9 Å². The molecule has 0 N–H and O–H groups in total. The molecule has 3 amide bonds. The monoisotopic (exact) mass is 344 g/mol. The number of carbonyl (C=O) groups excluding carboxylic acids is 4. The molecule has 7 nitrogen and oxygen atoms in total. The molecule has 0 unspecified atom stereocenters. The number of hydrogen-bond donors (Lipinski definition) is 0. The Bertz CT molecular complexity index is 672. The minimum Gasteiger partial charge on any atom is -0.329 e. The molecule has 0 spiro atoms. The van der Waals surface area contributed by atoms with Crippen LogP contribution in [0.1, 0.15) is 37.7 Å². The first-order valence-electron chi connectivity index (χ1n) is 8.47. The first-order valence-corrected chi connectivity index (χ1v) is 8.47. The fraction of sp³-hybridized carbons (Fsp3) is 0.444. The number of carbonyl (C=O) groups is 4. The van der Waals surface area contributed by atoms with E-state index in [1.54, 1.807) is 0 Å². The number of amides is 3. The number of aryl methyl sites for hydroxylation is 1. The molecule has 2 aliphatic rings. The molecule has 2 aliphatic heterocycles. The second kappa shape index (κ2) is 7.46. The average Bonchev–Trinajstić information content (AvgIpc) is 3.23. The van der Waals surface area contributed by atoms with Crippen molar-refractivity contribution in [1.29, 1.82) is 0 Å². The zero-order valence-electron chi connectivity index (χ0n) is 13.8. The first kappa shape index (κ1) is 17.1. The Hall–Kier alpha value is -2.70. The van der Waals surface area contributed by atoms with E-state index in [0.29, 0.717) is 37.3 Å². The van der Waals surface area contributed by atoms with Crippen LogP contribution in [0.15, 0.2) is 30.3 Å². The van der Waals surface area contributed by atoms with Crippen LogP contribution in [0.25, 0.3) is 0 Å². The molecular formula is C18H20N2O5. The molecule has 132 valence electrons. The van der Waals surface area contributed by atoms with Gasteiger partial charge in [-0.25, -0.2) is 4.79 Å². The summed E-state index contributed by atoms with van der Waals surface area (Å²) in [5.74, 6) is -1.87. The maximum atomic E-state index is 12.5. The van der Waals surface area contributed by atoms with E-state index in [0.717, 1.165) is 5.56 Å². The largest absolute Gasteiger partial charge is 0.355 e. The van der Waals surface area contributed by atoms with Crippen molar-refractivity contribution in [3.63, 3.8) is 0 Å². The molecule has 25 heavy (non-hydrogen) atoms. The van der Waals surface area contributed by atoms with Crippen LogP contribution in [-0.2, 0) is 30.4 Å². The third-order valence-electron chi connectivity index (χ3n) is 4.50. The molecule has 2 heterocycles. The molecule has 1 aromatic carbocycles. The molecule has 0 radical (unpaired) electrons. The van der Waals surface area contributed by atoms with Gasteiger partial charge in [0.05, 0.1) is 0 Å². The summed E-state index contributed by atoms with van der Waals surface area (Å²) in [7, 11) is 0. The summed E-state index contributed by atoms with van der Waals surface area (Å²) in [6.07, 6.45) is 2.17. The lowest BCUT2D eigenvalue weighted by molar-refractivity contribution is -0.200. The van der Waals surface area contributed by atoms with Crippen molar-refractivity contribution in [2.75, 3.05) is 6.54 Å². The van der Waals surface area contributed by atoms with Crippen LogP contribution in [0.2, 0.25) is 0 Å². The molecule has 7 heteroatoms. The third-order valence-corrected chi connectivity index (χ3v) is 4.50. The molecule has 0 bridgehead atoms. The fourth-order valence-corrected chi connectivity index (χ4v) is 3.16. The minimum atomic E-state index is -0.732. The second-order valence-corrected chi connectivity index (χ2v) is 6.22. The number of hydroxylamine groups is 2. The molecule has 2 saturated heterocycles. The van der Waals surface area contributed by atoms with Gasteiger partial charge in [-0.3, -0.25) is 14.4 Å². The van der Waals surface area contributed by atoms with E-state index in [1.165, 1.54) is 4.90 Å². The highest BCUT2D eigenvalue weighted by molar-refractivity contribution is 6.02. The maximum absolute atomic E-state index is 12.5. The minimum absolute atomic E-state index is 0.0521. The average molecular weight is 344 g/mol. The number of benzene rings is 1. The van der Waals surface area contributed by atoms with E-state index in [1.807, 2.05) is 30.3 Å². The standard InChI is InChI=1S/C18H20N2O5/c21-15(9-8-13-5-2-1-3-6-13)19-12-4-7-14(19)18(24)25-20-16(22)10-11-17(20)23/h1-3,5-6,14H,4,7-12H2/t14-/m0/s1. The maximum Gasteiger partial charge on any atom is 0.355 e. The molecule has 3 rings (SSSR count). The molecule has 1 aromatic rings. The van der Waals surface area contributed by atoms with Gasteiger partial charge in [0.1, 0.15) is 6.04 Å². The summed E-state index contributed by atoms with van der Waals surface area (Å²) >= 11 is 0. The highest BCUT2D eigenvalue weighted by Gasteiger charge is 2.39. The van der Waals surface area contributed by atoms with E-state index >= 15 is 0 Å². The molecule has 0 aromatic heterocycles. The van der Waals surface area contributed by atoms with Crippen molar-refractivity contribution < 1.29 is 24.0 Å². The van der Waals surface area contributed by atoms with Crippen LogP contribution in [0, 0.1) is 0 Å². The van der Waals surface area contributed by atoms with Crippen molar-refractivity contribution in [1.82, 2.24) is 9.96 Å². The van der Waals surface area contributed by atoms with E-state index in [4.69, 9.17) is 4.84 Å². The predicted molar refractivity (Wildman–Crippen MR) is 86.7 cm³/mol. The summed E-state index contributed by atoms with van der Waals surface area (Å²) < 4.78 is 0. The van der Waals surface area contributed by atoms with Gasteiger partial charge in [-0.1, -0.05) is 30.3 Å². The molecule has 0 aliphatic carbocycles. The van der Waals surface area contributed by atoms with Crippen LogP contribution in [0.3, 0.4) is 0 Å². The zero-order valence-corrected chi connectivity index (χ0v) is 13.8. The van der Waals surface area contributed by atoms with Crippen LogP contribution in [0.5, 0.6) is 0 Å². The second-order valence-electron chi connectivity index (χ2n) is 6.22. The van der Waals surface area contributed by atoms with Crippen molar-refractivity contribution in [2.45, 2.75) is 44.6 Å². The Morgan fingerprint density at radius 2 is 1.76 bits per heavy atom. The van der Waals surface area contributed by atoms with Gasteiger partial charge in [-0.15, -0.1) is 5.06 Å². The summed E-state index contributed by atoms with van der Waals surface area (Å²) in [5, 5.41) is 0.535. The van der Waals surface area contributed by atoms with Crippen LogP contribution in [-0.4, -0.2) is 46.2 Å². The normalized spacial score (nSPS) is 20.2. The number of likely N-dealkylation sites (tertiary alicyclic amines) is 1. The fourth-order valence-electron chi connectivity index (χ4n) is 3.16. The zero-order chi connectivity index (χ0) is 17.8.